The molecule has 0 saturated carbocycles. The van der Waals surface area contributed by atoms with Gasteiger partial charge in [0.15, 0.2) is 6.20 Å². The first-order valence-electron chi connectivity index (χ1n) is 2.05. The van der Waals surface area contributed by atoms with Crippen LogP contribution in [-0.4, -0.2) is 14.9 Å². The van der Waals surface area contributed by atoms with E-state index in [1.807, 2.05) is 22.6 Å². The van der Waals surface area contributed by atoms with Gasteiger partial charge in [0.2, 0.25) is 0 Å². The molecule has 0 N–H and O–H groups in total. The molecule has 6 heteroatoms. The molecule has 0 aromatic carbocycles. The summed E-state index contributed by atoms with van der Waals surface area (Å²) in [4.78, 5) is 10.6. The van der Waals surface area contributed by atoms with E-state index in [9.17, 15) is 10.1 Å². The van der Waals surface area contributed by atoms with Gasteiger partial charge in [-0.05, 0) is 22.6 Å². The van der Waals surface area contributed by atoms with Crippen LogP contribution in [0.2, 0.25) is 0 Å². The van der Waals surface area contributed by atoms with E-state index in [2.05, 4.69) is 5.10 Å². The first-order chi connectivity index (χ1) is 4.20. The molecular weight excluding hydrogens is 237 g/mol. The zero-order chi connectivity index (χ0) is 6.85. The molecule has 5 nitrogen and oxygen atoms in total. The first kappa shape index (κ1) is 6.46. The summed E-state index contributed by atoms with van der Waals surface area (Å²) in [6.07, 6.45) is 2.75. The second-order valence-electron chi connectivity index (χ2n) is 1.32. The maximum absolute atomic E-state index is 9.92. The maximum Gasteiger partial charge on any atom is 0.181 e. The van der Waals surface area contributed by atoms with Crippen molar-refractivity contribution >= 4 is 22.6 Å². The maximum atomic E-state index is 9.92. The van der Waals surface area contributed by atoms with E-state index in [-0.39, 0.29) is 0 Å². The van der Waals surface area contributed by atoms with E-state index in [4.69, 9.17) is 0 Å². The molecule has 9 heavy (non-hydrogen) atoms. The number of halogens is 1. The summed E-state index contributed by atoms with van der Waals surface area (Å²) in [5.74, 6) is 0. The molecule has 0 radical (unpaired) electrons. The Bertz CT molecular complexity index is 233. The summed E-state index contributed by atoms with van der Waals surface area (Å²) in [6.45, 7) is 0. The van der Waals surface area contributed by atoms with Crippen LogP contribution in [0, 0.1) is 13.7 Å². The Morgan fingerprint density at radius 3 is 2.78 bits per heavy atom. The smallest absolute Gasteiger partial charge is 0.181 e. The number of hydrogen-bond acceptors (Lipinski definition) is 3. The molecule has 0 fully saturated rings. The summed E-state index contributed by atoms with van der Waals surface area (Å²) in [7, 11) is 0. The molecular formula is C3H2IN3O2. The fourth-order valence-electron chi connectivity index (χ4n) is 0.381. The van der Waals surface area contributed by atoms with Crippen LogP contribution in [0.3, 0.4) is 0 Å². The Balaban J connectivity index is 2.98. The lowest BCUT2D eigenvalue weighted by atomic mass is 10.8. The average Bonchev–Trinajstić information content (AvgIpc) is 2.14. The van der Waals surface area contributed by atoms with E-state index >= 15 is 0 Å². The van der Waals surface area contributed by atoms with Gasteiger partial charge in [0, 0.05) is 9.89 Å². The summed E-state index contributed by atoms with van der Waals surface area (Å²) in [6, 6.07) is 0. The average molecular weight is 239 g/mol. The largest absolute Gasteiger partial charge is 0.339 e. The Labute approximate surface area is 63.9 Å². The lowest BCUT2D eigenvalue weighted by molar-refractivity contribution is -0.552. The third kappa shape index (κ3) is 1.37. The highest BCUT2D eigenvalue weighted by molar-refractivity contribution is 14.1. The molecule has 0 saturated heterocycles. The van der Waals surface area contributed by atoms with Gasteiger partial charge in [0.25, 0.3) is 0 Å². The molecule has 1 aromatic rings. The van der Waals surface area contributed by atoms with Gasteiger partial charge in [-0.2, -0.15) is 0 Å². The number of hydrogen-bond donors (Lipinski definition) is 0. The topological polar surface area (TPSA) is 61.0 Å². The van der Waals surface area contributed by atoms with Gasteiger partial charge in [-0.25, -0.2) is 0 Å². The van der Waals surface area contributed by atoms with Gasteiger partial charge in [-0.3, -0.25) is 0 Å². The van der Waals surface area contributed by atoms with Crippen LogP contribution in [0.5, 0.6) is 0 Å². The fourth-order valence-corrected chi connectivity index (χ4v) is 0.754. The van der Waals surface area contributed by atoms with Gasteiger partial charge < -0.3 is 10.1 Å². The van der Waals surface area contributed by atoms with Crippen molar-refractivity contribution in [1.82, 2.24) is 9.89 Å². The molecule has 0 atom stereocenters. The van der Waals surface area contributed by atoms with Crippen molar-refractivity contribution in [1.29, 1.82) is 0 Å². The van der Waals surface area contributed by atoms with Gasteiger partial charge in [0.05, 0.1) is 8.60 Å². The minimum absolute atomic E-state index is 0.595. The SMILES string of the molecule is O=[N+]([O-])n1cc(I)cn1. The molecule has 0 aliphatic carbocycles. The first-order valence-corrected chi connectivity index (χ1v) is 3.13. The summed E-state index contributed by atoms with van der Waals surface area (Å²) in [5.41, 5.74) is 0. The van der Waals surface area contributed by atoms with Crippen LogP contribution >= 0.6 is 22.6 Å². The molecule has 48 valence electrons. The Morgan fingerprint density at radius 1 is 1.89 bits per heavy atom. The summed E-state index contributed by atoms with van der Waals surface area (Å²) < 4.78 is 0.754. The minimum Gasteiger partial charge on any atom is -0.339 e. The molecule has 0 spiro atoms. The molecule has 0 bridgehead atoms. The van der Waals surface area contributed by atoms with Crippen LogP contribution in [0.4, 0.5) is 0 Å². The fraction of sp³-hybridized carbons (Fsp3) is 0. The highest BCUT2D eigenvalue weighted by atomic mass is 127. The predicted molar refractivity (Wildman–Crippen MR) is 37.3 cm³/mol. The lowest BCUT2D eigenvalue weighted by Crippen LogP contribution is -2.07. The van der Waals surface area contributed by atoms with Crippen molar-refractivity contribution in [2.45, 2.75) is 0 Å². The van der Waals surface area contributed by atoms with Crippen LogP contribution in [0.15, 0.2) is 12.4 Å². The standard InChI is InChI=1S/C3H2IN3O2/c4-3-1-5-6(2-3)7(8)9/h1-2H. The quantitative estimate of drug-likeness (QED) is 0.408. The Hall–Kier alpha value is -0.660. The highest BCUT2D eigenvalue weighted by Gasteiger charge is 2.01. The zero-order valence-electron chi connectivity index (χ0n) is 4.19. The van der Waals surface area contributed by atoms with Crippen molar-refractivity contribution < 1.29 is 5.03 Å². The molecule has 0 aliphatic heterocycles. The van der Waals surface area contributed by atoms with Crippen molar-refractivity contribution in [2.24, 2.45) is 0 Å². The third-order valence-corrected chi connectivity index (χ3v) is 1.26. The highest BCUT2D eigenvalue weighted by Crippen LogP contribution is 1.99. The summed E-state index contributed by atoms with van der Waals surface area (Å²) in [5, 5.41) is 12.7. The number of nitrogens with zero attached hydrogens (tertiary/aromatic N) is 3. The van der Waals surface area contributed by atoms with E-state index in [1.54, 1.807) is 0 Å². The second kappa shape index (κ2) is 2.29. The predicted octanol–water partition coefficient (Wildman–Crippen LogP) is 0.528. The molecule has 1 heterocycles. The number of nitro groups is 1. The molecule has 1 rings (SSSR count). The van der Waals surface area contributed by atoms with E-state index < -0.39 is 5.03 Å². The van der Waals surface area contributed by atoms with E-state index in [0.29, 0.717) is 4.79 Å². The van der Waals surface area contributed by atoms with Gasteiger partial charge in [-0.15, -0.1) is 0 Å². The third-order valence-electron chi connectivity index (χ3n) is 0.705. The van der Waals surface area contributed by atoms with Crippen LogP contribution in [0.1, 0.15) is 0 Å². The van der Waals surface area contributed by atoms with Crippen molar-refractivity contribution in [3.05, 3.63) is 26.1 Å². The van der Waals surface area contributed by atoms with Crippen LogP contribution < -0.4 is 0 Å². The Morgan fingerprint density at radius 2 is 2.56 bits per heavy atom. The number of rotatable bonds is 1. The van der Waals surface area contributed by atoms with E-state index in [1.165, 1.54) is 12.4 Å². The van der Waals surface area contributed by atoms with Crippen molar-refractivity contribution in [3.8, 4) is 0 Å². The lowest BCUT2D eigenvalue weighted by Gasteiger charge is -1.86. The normalized spacial score (nSPS) is 9.44. The molecule has 1 aromatic heterocycles. The molecule has 0 unspecified atom stereocenters. The van der Waals surface area contributed by atoms with Gasteiger partial charge in [-0.1, -0.05) is 0 Å². The van der Waals surface area contributed by atoms with E-state index in [0.717, 1.165) is 3.57 Å². The minimum atomic E-state index is -0.595. The monoisotopic (exact) mass is 239 g/mol. The second-order valence-corrected chi connectivity index (χ2v) is 2.56. The van der Waals surface area contributed by atoms with Crippen LogP contribution in [0.25, 0.3) is 0 Å². The zero-order valence-corrected chi connectivity index (χ0v) is 6.35. The molecule has 0 aliphatic rings. The molecule has 0 amide bonds. The van der Waals surface area contributed by atoms with Crippen molar-refractivity contribution in [2.75, 3.05) is 0 Å². The van der Waals surface area contributed by atoms with Gasteiger partial charge in [0.1, 0.15) is 6.20 Å². The van der Waals surface area contributed by atoms with Crippen LogP contribution in [-0.2, 0) is 0 Å². The summed E-state index contributed by atoms with van der Waals surface area (Å²) >= 11 is 1.95. The van der Waals surface area contributed by atoms with Crippen molar-refractivity contribution in [3.63, 3.8) is 0 Å². The Kier molecular flexibility index (Phi) is 1.65. The van der Waals surface area contributed by atoms with Gasteiger partial charge >= 0.3 is 0 Å². The number of aromatic nitrogens is 2.